The van der Waals surface area contributed by atoms with E-state index < -0.39 is 6.04 Å². The summed E-state index contributed by atoms with van der Waals surface area (Å²) in [5, 5.41) is 12.8. The molecule has 31 heavy (non-hydrogen) atoms. The van der Waals surface area contributed by atoms with E-state index in [0.717, 1.165) is 22.5 Å². The monoisotopic (exact) mass is 419 g/mol. The Morgan fingerprint density at radius 1 is 1.06 bits per heavy atom. The summed E-state index contributed by atoms with van der Waals surface area (Å²) in [6.45, 7) is 13.3. The van der Waals surface area contributed by atoms with E-state index in [0.29, 0.717) is 11.4 Å². The van der Waals surface area contributed by atoms with Gasteiger partial charge in [-0.05, 0) is 38.5 Å². The molecule has 6 heteroatoms. The van der Waals surface area contributed by atoms with Crippen molar-refractivity contribution >= 4 is 11.5 Å². The number of ketones is 1. The van der Waals surface area contributed by atoms with Crippen LogP contribution in [-0.4, -0.2) is 31.5 Å². The first-order chi connectivity index (χ1) is 14.9. The highest BCUT2D eigenvalue weighted by atomic mass is 16.1. The molecule has 0 aliphatic carbocycles. The molecule has 0 spiro atoms. The highest BCUT2D eigenvalue weighted by molar-refractivity contribution is 6.12. The van der Waals surface area contributed by atoms with E-state index in [9.17, 15) is 4.79 Å². The van der Waals surface area contributed by atoms with Crippen molar-refractivity contribution < 1.29 is 4.79 Å². The van der Waals surface area contributed by atoms with E-state index in [1.807, 2.05) is 78.2 Å². The predicted octanol–water partition coefficient (Wildman–Crippen LogP) is 5.04. The number of Topliss-reactive ketones (excluding diaryl/α,β-unsaturated/α-hetero) is 1. The molecular formula is C25H33N5O. The maximum Gasteiger partial charge on any atom is 0.138 e. The average Bonchev–Trinajstić information content (AvgIpc) is 3.12. The summed E-state index contributed by atoms with van der Waals surface area (Å²) in [4.78, 5) is 16.8. The fraction of sp³-hybridized carbons (Fsp3) is 0.400. The van der Waals surface area contributed by atoms with E-state index in [2.05, 4.69) is 27.4 Å². The van der Waals surface area contributed by atoms with Crippen molar-refractivity contribution in [2.24, 2.45) is 12.0 Å². The Kier molecular flexibility index (Phi) is 10.8. The lowest BCUT2D eigenvalue weighted by molar-refractivity contribution is -0.117. The Morgan fingerprint density at radius 3 is 2.19 bits per heavy atom. The van der Waals surface area contributed by atoms with Crippen LogP contribution in [0.5, 0.6) is 0 Å². The number of aromatic nitrogens is 4. The molecule has 3 rings (SSSR count). The largest absolute Gasteiger partial charge is 0.300 e. The molecule has 0 saturated heterocycles. The van der Waals surface area contributed by atoms with Gasteiger partial charge in [0.25, 0.3) is 0 Å². The molecule has 2 heterocycles. The van der Waals surface area contributed by atoms with Gasteiger partial charge in [0, 0.05) is 25.2 Å². The first-order valence-electron chi connectivity index (χ1n) is 10.7. The van der Waals surface area contributed by atoms with Gasteiger partial charge in [-0.25, -0.2) is 0 Å². The molecule has 0 radical (unpaired) electrons. The quantitative estimate of drug-likeness (QED) is 0.525. The second kappa shape index (κ2) is 13.1. The molecule has 1 aromatic carbocycles. The maximum atomic E-state index is 11.9. The van der Waals surface area contributed by atoms with Gasteiger partial charge >= 0.3 is 0 Å². The molecular weight excluding hydrogens is 386 g/mol. The van der Waals surface area contributed by atoms with E-state index in [1.54, 1.807) is 18.5 Å². The number of hydrogen-bond acceptors (Lipinski definition) is 5. The number of aliphatic imine (C=N–C) groups is 1. The summed E-state index contributed by atoms with van der Waals surface area (Å²) in [5.41, 5.74) is 4.58. The Bertz CT molecular complexity index is 959. The van der Waals surface area contributed by atoms with Gasteiger partial charge in [0.2, 0.25) is 0 Å². The smallest absolute Gasteiger partial charge is 0.138 e. The van der Waals surface area contributed by atoms with Gasteiger partial charge in [-0.2, -0.15) is 5.10 Å². The maximum absolute atomic E-state index is 11.9. The number of benzene rings is 1. The molecule has 164 valence electrons. The van der Waals surface area contributed by atoms with Gasteiger partial charge in [-0.3, -0.25) is 14.5 Å². The minimum Gasteiger partial charge on any atom is -0.300 e. The van der Waals surface area contributed by atoms with Crippen molar-refractivity contribution in [2.75, 3.05) is 0 Å². The van der Waals surface area contributed by atoms with Crippen molar-refractivity contribution in [3.8, 4) is 0 Å². The minimum absolute atomic E-state index is 0.0182. The summed E-state index contributed by atoms with van der Waals surface area (Å²) in [6, 6.07) is 15.2. The molecule has 0 amide bonds. The topological polar surface area (TPSA) is 73.0 Å². The Hall–Kier alpha value is -3.33. The highest BCUT2D eigenvalue weighted by Crippen LogP contribution is 2.22. The number of nitrogens with zero attached hydrogens (tertiary/aromatic N) is 5. The third-order valence-electron chi connectivity index (χ3n) is 4.04. The normalized spacial score (nSPS) is 11.3. The van der Waals surface area contributed by atoms with Gasteiger partial charge in [-0.1, -0.05) is 58.0 Å². The number of carbonyl (C=O) groups is 1. The lowest BCUT2D eigenvalue weighted by atomic mass is 10.0. The van der Waals surface area contributed by atoms with E-state index in [-0.39, 0.29) is 12.2 Å². The third kappa shape index (κ3) is 7.45. The van der Waals surface area contributed by atoms with E-state index >= 15 is 0 Å². The average molecular weight is 420 g/mol. The van der Waals surface area contributed by atoms with Gasteiger partial charge in [0.1, 0.15) is 28.9 Å². The van der Waals surface area contributed by atoms with Crippen molar-refractivity contribution in [3.05, 3.63) is 76.9 Å². The summed E-state index contributed by atoms with van der Waals surface area (Å²) < 4.78 is 1.76. The summed E-state index contributed by atoms with van der Waals surface area (Å²) >= 11 is 0. The van der Waals surface area contributed by atoms with Crippen LogP contribution in [0.1, 0.15) is 75.3 Å². The molecule has 2 aromatic heterocycles. The standard InChI is InChI=1S/C21H21N5O.2C2H6/c1-14-13-26(4)25-20(14)21(17-8-6-5-7-9-17)22-19(12-16(3)27)18-11-10-15(2)23-24-18;2*1-2/h5-9,13,19H,12H2,1-4H3;2*1-2H3/t19-;;/m0../s1. The first-order valence-corrected chi connectivity index (χ1v) is 10.7. The highest BCUT2D eigenvalue weighted by Gasteiger charge is 2.20. The zero-order valence-electron chi connectivity index (χ0n) is 19.9. The number of rotatable bonds is 6. The number of hydrogen-bond donors (Lipinski definition) is 0. The molecule has 3 aromatic rings. The van der Waals surface area contributed by atoms with Crippen LogP contribution in [0.3, 0.4) is 0 Å². The molecule has 0 fully saturated rings. The Labute approximate surface area is 186 Å². The van der Waals surface area contributed by atoms with Crippen LogP contribution in [0.2, 0.25) is 0 Å². The van der Waals surface area contributed by atoms with Crippen LogP contribution in [0.25, 0.3) is 0 Å². The molecule has 0 bridgehead atoms. The number of aryl methyl sites for hydroxylation is 3. The van der Waals surface area contributed by atoms with Gasteiger partial charge in [0.15, 0.2) is 0 Å². The molecule has 0 unspecified atom stereocenters. The zero-order valence-corrected chi connectivity index (χ0v) is 19.9. The number of carbonyl (C=O) groups excluding carboxylic acids is 1. The second-order valence-electron chi connectivity index (χ2n) is 6.52. The van der Waals surface area contributed by atoms with Gasteiger partial charge < -0.3 is 0 Å². The van der Waals surface area contributed by atoms with Gasteiger partial charge in [0.05, 0.1) is 5.71 Å². The fourth-order valence-electron chi connectivity index (χ4n) is 2.82. The van der Waals surface area contributed by atoms with Crippen LogP contribution < -0.4 is 0 Å². The Balaban J connectivity index is 0.00000113. The lowest BCUT2D eigenvalue weighted by Crippen LogP contribution is -2.12. The van der Waals surface area contributed by atoms with Crippen molar-refractivity contribution in [1.82, 2.24) is 20.0 Å². The lowest BCUT2D eigenvalue weighted by Gasteiger charge is -2.12. The third-order valence-corrected chi connectivity index (χ3v) is 4.04. The fourth-order valence-corrected chi connectivity index (χ4v) is 2.82. The first kappa shape index (κ1) is 25.7. The van der Waals surface area contributed by atoms with Crippen molar-refractivity contribution in [1.29, 1.82) is 0 Å². The predicted molar refractivity (Wildman–Crippen MR) is 125 cm³/mol. The Morgan fingerprint density at radius 2 is 1.71 bits per heavy atom. The molecule has 0 saturated carbocycles. The summed E-state index contributed by atoms with van der Waals surface area (Å²) in [5.74, 6) is 0.0182. The van der Waals surface area contributed by atoms with Crippen LogP contribution in [0.15, 0.2) is 41.5 Å². The van der Waals surface area contributed by atoms with Gasteiger partial charge in [-0.15, -0.1) is 10.2 Å². The van der Waals surface area contributed by atoms with E-state index in [1.165, 1.54) is 0 Å². The molecule has 0 N–H and O–H groups in total. The van der Waals surface area contributed by atoms with Crippen LogP contribution in [-0.2, 0) is 11.8 Å². The van der Waals surface area contributed by atoms with Crippen LogP contribution in [0, 0.1) is 26.0 Å². The molecule has 0 aliphatic heterocycles. The zero-order chi connectivity index (χ0) is 23.4. The second-order valence-corrected chi connectivity index (χ2v) is 6.52. The minimum atomic E-state index is -0.497. The van der Waals surface area contributed by atoms with Crippen molar-refractivity contribution in [2.45, 2.75) is 60.9 Å². The van der Waals surface area contributed by atoms with Crippen LogP contribution in [0.4, 0.5) is 0 Å². The molecule has 1 atom stereocenters. The van der Waals surface area contributed by atoms with Crippen LogP contribution >= 0.6 is 0 Å². The summed E-state index contributed by atoms with van der Waals surface area (Å²) in [7, 11) is 1.88. The molecule has 6 nitrogen and oxygen atoms in total. The summed E-state index contributed by atoms with van der Waals surface area (Å²) in [6.07, 6.45) is 2.16. The SMILES string of the molecule is CC.CC.CC(=O)C[C@H](N=C(c1ccccc1)c1nn(C)cc1C)c1c#cc(C)nn1. The molecule has 0 aliphatic rings. The van der Waals surface area contributed by atoms with E-state index in [4.69, 9.17) is 4.99 Å². The van der Waals surface area contributed by atoms with Crippen molar-refractivity contribution in [3.63, 3.8) is 0 Å².